The van der Waals surface area contributed by atoms with Crippen molar-refractivity contribution in [1.29, 1.82) is 0 Å². The van der Waals surface area contributed by atoms with Gasteiger partial charge in [-0.1, -0.05) is 30.3 Å². The first-order chi connectivity index (χ1) is 11.2. The Bertz CT molecular complexity index is 705. The highest BCUT2D eigenvalue weighted by atomic mass is 32.2. The van der Waals surface area contributed by atoms with Gasteiger partial charge in [-0.05, 0) is 36.2 Å². The molecule has 0 radical (unpaired) electrons. The molecule has 0 aromatic heterocycles. The third-order valence-corrected chi connectivity index (χ3v) is 5.18. The van der Waals surface area contributed by atoms with Crippen molar-refractivity contribution < 1.29 is 9.53 Å². The van der Waals surface area contributed by atoms with Gasteiger partial charge in [0.25, 0.3) is 0 Å². The highest BCUT2D eigenvalue weighted by Gasteiger charge is 2.31. The summed E-state index contributed by atoms with van der Waals surface area (Å²) in [6.45, 7) is 2.73. The Kier molecular flexibility index (Phi) is 4.76. The Labute approximate surface area is 140 Å². The maximum Gasteiger partial charge on any atom is 0.323 e. The number of thioether (sulfide) groups is 1. The molecule has 1 fully saturated rings. The third-order valence-electron chi connectivity index (χ3n) is 3.92. The van der Waals surface area contributed by atoms with Crippen LogP contribution < -0.4 is 10.1 Å². The molecule has 4 nitrogen and oxygen atoms in total. The van der Waals surface area contributed by atoms with Crippen molar-refractivity contribution in [3.05, 3.63) is 59.7 Å². The average Bonchev–Trinajstić information content (AvgIpc) is 3.07. The summed E-state index contributed by atoms with van der Waals surface area (Å²) in [5, 5.41) is 3.05. The van der Waals surface area contributed by atoms with Crippen LogP contribution in [0.2, 0.25) is 0 Å². The summed E-state index contributed by atoms with van der Waals surface area (Å²) >= 11 is 1.78. The Hall–Kier alpha value is -2.14. The van der Waals surface area contributed by atoms with E-state index in [9.17, 15) is 4.79 Å². The molecule has 0 saturated carbocycles. The number of aryl methyl sites for hydroxylation is 1. The summed E-state index contributed by atoms with van der Waals surface area (Å²) in [6.07, 6.45) is 0. The van der Waals surface area contributed by atoms with Crippen LogP contribution in [0.1, 0.15) is 16.5 Å². The Balaban J connectivity index is 1.78. The molecule has 1 aliphatic rings. The fourth-order valence-electron chi connectivity index (χ4n) is 2.65. The number of methoxy groups -OCH3 is 1. The van der Waals surface area contributed by atoms with Gasteiger partial charge < -0.3 is 15.0 Å². The van der Waals surface area contributed by atoms with Crippen molar-refractivity contribution in [3.8, 4) is 5.75 Å². The lowest BCUT2D eigenvalue weighted by Gasteiger charge is -2.25. The van der Waals surface area contributed by atoms with E-state index in [0.29, 0.717) is 0 Å². The molecule has 0 unspecified atom stereocenters. The molecule has 23 heavy (non-hydrogen) atoms. The fourth-order valence-corrected chi connectivity index (χ4v) is 3.89. The van der Waals surface area contributed by atoms with E-state index in [1.54, 1.807) is 18.9 Å². The van der Waals surface area contributed by atoms with Gasteiger partial charge in [0, 0.05) is 18.0 Å². The second kappa shape index (κ2) is 6.96. The first-order valence-electron chi connectivity index (χ1n) is 7.58. The average molecular weight is 328 g/mol. The Morgan fingerprint density at radius 1 is 1.26 bits per heavy atom. The molecule has 2 aromatic rings. The molecular formula is C18H20N2O2S. The lowest BCUT2D eigenvalue weighted by molar-refractivity contribution is 0.214. The lowest BCUT2D eigenvalue weighted by Crippen LogP contribution is -2.34. The van der Waals surface area contributed by atoms with Gasteiger partial charge in [0.15, 0.2) is 0 Å². The molecule has 0 bridgehead atoms. The Morgan fingerprint density at radius 2 is 2.09 bits per heavy atom. The van der Waals surface area contributed by atoms with Crippen LogP contribution in [0.4, 0.5) is 10.5 Å². The number of anilines is 1. The number of carbonyl (C=O) groups is 1. The van der Waals surface area contributed by atoms with Gasteiger partial charge in [-0.3, -0.25) is 0 Å². The zero-order valence-corrected chi connectivity index (χ0v) is 14.1. The molecule has 1 atom stereocenters. The minimum absolute atomic E-state index is 0.0223. The smallest absolute Gasteiger partial charge is 0.323 e. The van der Waals surface area contributed by atoms with Crippen LogP contribution >= 0.6 is 11.8 Å². The zero-order chi connectivity index (χ0) is 16.2. The molecule has 0 aliphatic carbocycles. The summed E-state index contributed by atoms with van der Waals surface area (Å²) in [5.41, 5.74) is 3.01. The molecule has 1 heterocycles. The number of carbonyl (C=O) groups excluding carboxylic acids is 1. The fraction of sp³-hybridized carbons (Fsp3) is 0.278. The van der Waals surface area contributed by atoms with Gasteiger partial charge in [0.05, 0.1) is 7.11 Å². The van der Waals surface area contributed by atoms with E-state index < -0.39 is 0 Å². The zero-order valence-electron chi connectivity index (χ0n) is 13.3. The normalized spacial score (nSPS) is 17.1. The number of para-hydroxylation sites is 1. The summed E-state index contributed by atoms with van der Waals surface area (Å²) in [6, 6.07) is 15.7. The van der Waals surface area contributed by atoms with Crippen molar-refractivity contribution in [2.24, 2.45) is 0 Å². The second-order valence-corrected chi connectivity index (χ2v) is 6.63. The van der Waals surface area contributed by atoms with Crippen LogP contribution in [0.5, 0.6) is 5.75 Å². The van der Waals surface area contributed by atoms with Crippen molar-refractivity contribution in [2.45, 2.75) is 12.3 Å². The van der Waals surface area contributed by atoms with Crippen LogP contribution in [-0.4, -0.2) is 30.3 Å². The molecule has 0 spiro atoms. The van der Waals surface area contributed by atoms with Gasteiger partial charge in [-0.2, -0.15) is 0 Å². The first kappa shape index (κ1) is 15.7. The van der Waals surface area contributed by atoms with Gasteiger partial charge in [0.1, 0.15) is 11.1 Å². The molecule has 2 amide bonds. The summed E-state index contributed by atoms with van der Waals surface area (Å²) in [7, 11) is 1.66. The van der Waals surface area contributed by atoms with E-state index in [1.807, 2.05) is 60.4 Å². The summed E-state index contributed by atoms with van der Waals surface area (Å²) < 4.78 is 5.29. The van der Waals surface area contributed by atoms with E-state index in [2.05, 4.69) is 5.32 Å². The van der Waals surface area contributed by atoms with Crippen LogP contribution in [0.3, 0.4) is 0 Å². The topological polar surface area (TPSA) is 41.6 Å². The number of hydrogen-bond acceptors (Lipinski definition) is 3. The first-order valence-corrected chi connectivity index (χ1v) is 8.63. The molecular weight excluding hydrogens is 308 g/mol. The molecule has 1 N–H and O–H groups in total. The number of benzene rings is 2. The van der Waals surface area contributed by atoms with Gasteiger partial charge in [-0.15, -0.1) is 11.8 Å². The lowest BCUT2D eigenvalue weighted by atomic mass is 10.2. The maximum absolute atomic E-state index is 12.7. The summed E-state index contributed by atoms with van der Waals surface area (Å²) in [4.78, 5) is 14.6. The quantitative estimate of drug-likeness (QED) is 0.914. The summed E-state index contributed by atoms with van der Waals surface area (Å²) in [5.74, 6) is 1.75. The minimum atomic E-state index is -0.0582. The molecule has 5 heteroatoms. The van der Waals surface area contributed by atoms with E-state index >= 15 is 0 Å². The van der Waals surface area contributed by atoms with Gasteiger partial charge in [-0.25, -0.2) is 4.79 Å². The van der Waals surface area contributed by atoms with Crippen molar-refractivity contribution in [2.75, 3.05) is 24.7 Å². The second-order valence-electron chi connectivity index (χ2n) is 5.44. The number of nitrogens with one attached hydrogen (secondary N) is 1. The van der Waals surface area contributed by atoms with E-state index in [0.717, 1.165) is 34.9 Å². The van der Waals surface area contributed by atoms with Gasteiger partial charge >= 0.3 is 6.03 Å². The van der Waals surface area contributed by atoms with Crippen molar-refractivity contribution in [3.63, 3.8) is 0 Å². The van der Waals surface area contributed by atoms with E-state index in [-0.39, 0.29) is 11.4 Å². The number of amides is 2. The maximum atomic E-state index is 12.7. The van der Waals surface area contributed by atoms with Crippen LogP contribution in [-0.2, 0) is 0 Å². The van der Waals surface area contributed by atoms with Gasteiger partial charge in [0.2, 0.25) is 0 Å². The number of rotatable bonds is 3. The van der Waals surface area contributed by atoms with E-state index in [4.69, 9.17) is 4.74 Å². The monoisotopic (exact) mass is 328 g/mol. The predicted octanol–water partition coefficient (Wildman–Crippen LogP) is 4.28. The number of nitrogens with zero attached hydrogens (tertiary/aromatic N) is 1. The standard InChI is InChI=1S/C18H20N2O2S/c1-13-6-3-4-9-16(13)19-18(21)20-10-11-23-17(20)14-7-5-8-15(12-14)22-2/h3-9,12,17H,10-11H2,1-2H3,(H,19,21)/t17-/m1/s1. The number of ether oxygens (including phenoxy) is 1. The van der Waals surface area contributed by atoms with Crippen LogP contribution in [0.15, 0.2) is 48.5 Å². The molecule has 1 saturated heterocycles. The highest BCUT2D eigenvalue weighted by Crippen LogP contribution is 2.39. The molecule has 120 valence electrons. The van der Waals surface area contributed by atoms with Crippen molar-refractivity contribution in [1.82, 2.24) is 4.90 Å². The third kappa shape index (κ3) is 3.45. The largest absolute Gasteiger partial charge is 0.497 e. The van der Waals surface area contributed by atoms with Crippen LogP contribution in [0.25, 0.3) is 0 Å². The number of hydrogen-bond donors (Lipinski definition) is 1. The minimum Gasteiger partial charge on any atom is -0.497 e. The molecule has 3 rings (SSSR count). The predicted molar refractivity (Wildman–Crippen MR) is 95.1 cm³/mol. The highest BCUT2D eigenvalue weighted by molar-refractivity contribution is 7.99. The SMILES string of the molecule is COc1cccc([C@H]2SCCN2C(=O)Nc2ccccc2C)c1. The Morgan fingerprint density at radius 3 is 2.87 bits per heavy atom. The number of urea groups is 1. The van der Waals surface area contributed by atoms with Crippen LogP contribution in [0, 0.1) is 6.92 Å². The van der Waals surface area contributed by atoms with E-state index in [1.165, 1.54) is 0 Å². The molecule has 1 aliphatic heterocycles. The van der Waals surface area contributed by atoms with Crippen molar-refractivity contribution >= 4 is 23.5 Å². The molecule has 2 aromatic carbocycles.